The van der Waals surface area contributed by atoms with Crippen molar-refractivity contribution in [2.24, 2.45) is 9.98 Å². The first-order valence-electron chi connectivity index (χ1n) is 19.2. The van der Waals surface area contributed by atoms with Gasteiger partial charge in [-0.2, -0.15) is 0 Å². The van der Waals surface area contributed by atoms with Crippen LogP contribution in [0.4, 0.5) is 0 Å². The highest BCUT2D eigenvalue weighted by Gasteiger charge is 2.23. The molecule has 268 valence electrons. The second-order valence-corrected chi connectivity index (χ2v) is 15.6. The largest absolute Gasteiger partial charge is 0.454 e. The van der Waals surface area contributed by atoms with Gasteiger partial charge in [0.1, 0.15) is 17.6 Å². The van der Waals surface area contributed by atoms with E-state index in [9.17, 15) is 0 Å². The minimum atomic E-state index is -0.253. The molecule has 0 radical (unpaired) electrons. The second-order valence-electron chi connectivity index (χ2n) is 14.6. The highest BCUT2D eigenvalue weighted by molar-refractivity contribution is 7.26. The lowest BCUT2D eigenvalue weighted by Gasteiger charge is -2.23. The Kier molecular flexibility index (Phi) is 7.09. The molecule has 0 bridgehead atoms. The van der Waals surface area contributed by atoms with Gasteiger partial charge in [0.05, 0.1) is 16.7 Å². The number of aliphatic imine (C=N–C) groups is 2. The Labute approximate surface area is 331 Å². The Bertz CT molecular complexity index is 3390. The summed E-state index contributed by atoms with van der Waals surface area (Å²) < 4.78 is 11.6. The lowest BCUT2D eigenvalue weighted by molar-refractivity contribution is 0.666. The molecule has 4 heterocycles. The maximum absolute atomic E-state index is 6.82. The van der Waals surface area contributed by atoms with Gasteiger partial charge in [-0.05, 0) is 65.2 Å². The van der Waals surface area contributed by atoms with Crippen LogP contribution in [0.5, 0.6) is 0 Å². The standard InChI is InChI=1S/C51H32N4OS/c1-3-13-31(14-4-1)49-52-50(32-15-5-2-6-16-32)54-51(53-49)40-21-11-20-39-41-29-33(26-28-46(41)57-48(39)40)34-25-27-37-38-19-12-24-44(47(38)56-45(37)30-34)55-42-22-9-7-17-35(42)36-18-8-10-23-43(36)55/h1-30,49H,(H,52,53,54). The molecule has 11 aromatic rings. The molecule has 5 nitrogen and oxygen atoms in total. The van der Waals surface area contributed by atoms with E-state index < -0.39 is 0 Å². The van der Waals surface area contributed by atoms with Gasteiger partial charge in [-0.3, -0.25) is 0 Å². The van der Waals surface area contributed by atoms with Crippen molar-refractivity contribution in [3.05, 3.63) is 199 Å². The Morgan fingerprint density at radius 2 is 1.19 bits per heavy atom. The van der Waals surface area contributed by atoms with Gasteiger partial charge in [0, 0.05) is 52.8 Å². The van der Waals surface area contributed by atoms with Crippen LogP contribution >= 0.6 is 11.3 Å². The topological polar surface area (TPSA) is 54.8 Å². The van der Waals surface area contributed by atoms with E-state index in [2.05, 4.69) is 168 Å². The van der Waals surface area contributed by atoms with E-state index in [0.717, 1.165) is 67.1 Å². The predicted octanol–water partition coefficient (Wildman–Crippen LogP) is 13.2. The summed E-state index contributed by atoms with van der Waals surface area (Å²) in [6.07, 6.45) is -0.253. The highest BCUT2D eigenvalue weighted by Crippen LogP contribution is 2.42. The molecule has 8 aromatic carbocycles. The molecular weight excluding hydrogens is 717 g/mol. The number of aromatic nitrogens is 1. The molecule has 1 unspecified atom stereocenters. The number of thiophene rings is 1. The third-order valence-corrected chi connectivity index (χ3v) is 12.5. The molecular formula is C51H32N4OS. The molecule has 0 amide bonds. The van der Waals surface area contributed by atoms with Gasteiger partial charge in [0.15, 0.2) is 11.4 Å². The Morgan fingerprint density at radius 1 is 0.526 bits per heavy atom. The summed E-state index contributed by atoms with van der Waals surface area (Å²) in [5.41, 5.74) is 10.5. The van der Waals surface area contributed by atoms with E-state index >= 15 is 0 Å². The normalized spacial score (nSPS) is 14.5. The minimum absolute atomic E-state index is 0.253. The maximum atomic E-state index is 6.82. The number of amidine groups is 2. The van der Waals surface area contributed by atoms with Gasteiger partial charge in [-0.1, -0.05) is 133 Å². The summed E-state index contributed by atoms with van der Waals surface area (Å²) in [6, 6.07) is 64.3. The van der Waals surface area contributed by atoms with E-state index in [1.54, 1.807) is 11.3 Å². The van der Waals surface area contributed by atoms with Crippen molar-refractivity contribution in [3.8, 4) is 16.8 Å². The average molecular weight is 749 g/mol. The van der Waals surface area contributed by atoms with Crippen molar-refractivity contribution >= 4 is 86.9 Å². The summed E-state index contributed by atoms with van der Waals surface area (Å²) in [5, 5.41) is 10.7. The average Bonchev–Trinajstić information content (AvgIpc) is 3.96. The minimum Gasteiger partial charge on any atom is -0.454 e. The fourth-order valence-electron chi connectivity index (χ4n) is 8.59. The number of hydrogen-bond acceptors (Lipinski definition) is 5. The van der Waals surface area contributed by atoms with Crippen LogP contribution in [0, 0.1) is 0 Å². The number of rotatable bonds is 5. The van der Waals surface area contributed by atoms with Gasteiger partial charge < -0.3 is 14.3 Å². The van der Waals surface area contributed by atoms with Crippen LogP contribution in [0.1, 0.15) is 22.9 Å². The summed E-state index contributed by atoms with van der Waals surface area (Å²) in [7, 11) is 0. The predicted molar refractivity (Wildman–Crippen MR) is 238 cm³/mol. The lowest BCUT2D eigenvalue weighted by atomic mass is 10.0. The van der Waals surface area contributed by atoms with Crippen molar-refractivity contribution in [2.45, 2.75) is 6.17 Å². The van der Waals surface area contributed by atoms with Crippen LogP contribution in [0.15, 0.2) is 196 Å². The highest BCUT2D eigenvalue weighted by atomic mass is 32.1. The fraction of sp³-hybridized carbons (Fsp3) is 0.0196. The zero-order chi connectivity index (χ0) is 37.5. The molecule has 3 aromatic heterocycles. The number of benzene rings is 8. The number of furan rings is 1. The monoisotopic (exact) mass is 748 g/mol. The smallest absolute Gasteiger partial charge is 0.160 e. The summed E-state index contributed by atoms with van der Waals surface area (Å²) in [6.45, 7) is 0. The molecule has 0 spiro atoms. The molecule has 1 atom stereocenters. The maximum Gasteiger partial charge on any atom is 0.160 e. The van der Waals surface area contributed by atoms with Gasteiger partial charge in [-0.15, -0.1) is 11.3 Å². The van der Waals surface area contributed by atoms with Gasteiger partial charge >= 0.3 is 0 Å². The zero-order valence-corrected chi connectivity index (χ0v) is 31.4. The lowest BCUT2D eigenvalue weighted by Crippen LogP contribution is -2.33. The van der Waals surface area contributed by atoms with Crippen molar-refractivity contribution in [1.82, 2.24) is 9.88 Å². The molecule has 1 N–H and O–H groups in total. The van der Waals surface area contributed by atoms with Crippen LogP contribution in [0.3, 0.4) is 0 Å². The van der Waals surface area contributed by atoms with Crippen molar-refractivity contribution in [3.63, 3.8) is 0 Å². The molecule has 57 heavy (non-hydrogen) atoms. The first kappa shape index (κ1) is 32.0. The molecule has 0 saturated heterocycles. The Hall–Kier alpha value is -7.28. The van der Waals surface area contributed by atoms with E-state index in [0.29, 0.717) is 0 Å². The number of nitrogens with one attached hydrogen (secondary N) is 1. The second kappa shape index (κ2) is 12.6. The van der Waals surface area contributed by atoms with E-state index in [4.69, 9.17) is 14.4 Å². The molecule has 0 aliphatic carbocycles. The molecule has 0 fully saturated rings. The van der Waals surface area contributed by atoms with Crippen LogP contribution in [-0.2, 0) is 0 Å². The zero-order valence-electron chi connectivity index (χ0n) is 30.6. The Balaban J connectivity index is 0.970. The molecule has 1 aliphatic rings. The van der Waals surface area contributed by atoms with Crippen molar-refractivity contribution < 1.29 is 4.42 Å². The number of para-hydroxylation sites is 3. The van der Waals surface area contributed by atoms with Crippen LogP contribution in [-0.4, -0.2) is 16.2 Å². The summed E-state index contributed by atoms with van der Waals surface area (Å²) in [5.74, 6) is 1.55. The SMILES string of the molecule is c1ccc(C2=NC(c3cccc4c3sc3ccc(-c5ccc6c(c5)oc5c(-n7c8ccccc8c8ccccc87)cccc56)cc34)=NC(c3ccccc3)N2)cc1. The van der Waals surface area contributed by atoms with Crippen molar-refractivity contribution in [1.29, 1.82) is 0 Å². The number of fused-ring (bicyclic) bond motifs is 9. The molecule has 12 rings (SSSR count). The molecule has 1 aliphatic heterocycles. The third kappa shape index (κ3) is 5.08. The fourth-order valence-corrected chi connectivity index (χ4v) is 9.79. The number of hydrogen-bond donors (Lipinski definition) is 1. The number of nitrogens with zero attached hydrogens (tertiary/aromatic N) is 3. The van der Waals surface area contributed by atoms with E-state index in [1.807, 2.05) is 24.3 Å². The Morgan fingerprint density at radius 3 is 2.00 bits per heavy atom. The van der Waals surface area contributed by atoms with E-state index in [-0.39, 0.29) is 6.17 Å². The molecule has 0 saturated carbocycles. The van der Waals surface area contributed by atoms with Gasteiger partial charge in [0.2, 0.25) is 0 Å². The summed E-state index contributed by atoms with van der Waals surface area (Å²) in [4.78, 5) is 10.3. The van der Waals surface area contributed by atoms with Crippen LogP contribution < -0.4 is 5.32 Å². The first-order valence-corrected chi connectivity index (χ1v) is 20.0. The quantitative estimate of drug-likeness (QED) is 0.191. The molecule has 6 heteroatoms. The van der Waals surface area contributed by atoms with Gasteiger partial charge in [-0.25, -0.2) is 9.98 Å². The van der Waals surface area contributed by atoms with E-state index in [1.165, 1.54) is 42.0 Å². The first-order chi connectivity index (χ1) is 28.2. The van der Waals surface area contributed by atoms with Crippen LogP contribution in [0.25, 0.3) is 80.7 Å². The summed E-state index contributed by atoms with van der Waals surface area (Å²) >= 11 is 1.80. The van der Waals surface area contributed by atoms with Gasteiger partial charge in [0.25, 0.3) is 0 Å². The third-order valence-electron chi connectivity index (χ3n) is 11.3. The van der Waals surface area contributed by atoms with Crippen LogP contribution in [0.2, 0.25) is 0 Å². The van der Waals surface area contributed by atoms with Crippen molar-refractivity contribution in [2.75, 3.05) is 0 Å².